The summed E-state index contributed by atoms with van der Waals surface area (Å²) in [6, 6.07) is -1.82. The molecule has 0 aliphatic carbocycles. The van der Waals surface area contributed by atoms with Crippen molar-refractivity contribution in [1.82, 2.24) is 5.32 Å². The molecule has 5 N–H and O–H groups in total. The molecule has 0 spiro atoms. The molecule has 7 heteroatoms. The quantitative estimate of drug-likeness (QED) is 0.500. The fourth-order valence-electron chi connectivity index (χ4n) is 1.42. The Kier molecular flexibility index (Phi) is 6.96. The van der Waals surface area contributed by atoms with Crippen LogP contribution in [0.15, 0.2) is 0 Å². The minimum absolute atomic E-state index is 0.196. The molecule has 0 fully saturated rings. The van der Waals surface area contributed by atoms with Crippen LogP contribution in [-0.2, 0) is 19.1 Å². The van der Waals surface area contributed by atoms with E-state index >= 15 is 0 Å². The van der Waals surface area contributed by atoms with Gasteiger partial charge in [-0.1, -0.05) is 13.8 Å². The molecule has 7 nitrogen and oxygen atoms in total. The van der Waals surface area contributed by atoms with Crippen LogP contribution in [0.4, 0.5) is 0 Å². The third-order valence-corrected chi connectivity index (χ3v) is 2.27. The lowest BCUT2D eigenvalue weighted by Gasteiger charge is -2.20. The van der Waals surface area contributed by atoms with Gasteiger partial charge in [0, 0.05) is 0 Å². The van der Waals surface area contributed by atoms with E-state index in [1.165, 1.54) is 7.11 Å². The van der Waals surface area contributed by atoms with Crippen molar-refractivity contribution in [2.45, 2.75) is 38.8 Å². The lowest BCUT2D eigenvalue weighted by Crippen LogP contribution is -2.50. The van der Waals surface area contributed by atoms with Crippen LogP contribution in [0.3, 0.4) is 0 Å². The van der Waals surface area contributed by atoms with Crippen LogP contribution < -0.4 is 16.8 Å². The molecule has 18 heavy (non-hydrogen) atoms. The second-order valence-electron chi connectivity index (χ2n) is 4.49. The van der Waals surface area contributed by atoms with Crippen LogP contribution in [0.2, 0.25) is 0 Å². The zero-order valence-corrected chi connectivity index (χ0v) is 10.9. The van der Waals surface area contributed by atoms with Crippen molar-refractivity contribution in [2.24, 2.45) is 17.4 Å². The van der Waals surface area contributed by atoms with Crippen LogP contribution >= 0.6 is 0 Å². The maximum atomic E-state index is 11.6. The van der Waals surface area contributed by atoms with Gasteiger partial charge in [0.2, 0.25) is 11.8 Å². The topological polar surface area (TPSA) is 125 Å². The zero-order chi connectivity index (χ0) is 14.3. The summed E-state index contributed by atoms with van der Waals surface area (Å²) in [6.07, 6.45) is 0.170. The second-order valence-corrected chi connectivity index (χ2v) is 4.49. The first-order valence-electron chi connectivity index (χ1n) is 5.70. The molecule has 0 unspecified atom stereocenters. The Morgan fingerprint density at radius 3 is 2.22 bits per heavy atom. The molecule has 0 saturated carbocycles. The standard InChI is InChI=1S/C11H21N3O4/c1-6(2)4-8(11(17)18-3)14-10(16)7(12)5-9(13)15/h6-8H,4-5,12H2,1-3H3,(H2,13,15)(H,14,16)/t7-,8-/m0/s1. The molecule has 0 heterocycles. The SMILES string of the molecule is COC(=O)[C@H](CC(C)C)NC(=O)[C@@H](N)CC(N)=O. The van der Waals surface area contributed by atoms with E-state index in [2.05, 4.69) is 10.1 Å². The number of nitrogens with one attached hydrogen (secondary N) is 1. The van der Waals surface area contributed by atoms with Crippen molar-refractivity contribution >= 4 is 17.8 Å². The number of amides is 2. The molecular formula is C11H21N3O4. The summed E-state index contributed by atoms with van der Waals surface area (Å²) in [5.41, 5.74) is 10.4. The van der Waals surface area contributed by atoms with Crippen molar-refractivity contribution < 1.29 is 19.1 Å². The number of methoxy groups -OCH3 is 1. The maximum absolute atomic E-state index is 11.6. The largest absolute Gasteiger partial charge is 0.467 e. The predicted molar refractivity (Wildman–Crippen MR) is 65.2 cm³/mol. The van der Waals surface area contributed by atoms with E-state index in [4.69, 9.17) is 11.5 Å². The van der Waals surface area contributed by atoms with Gasteiger partial charge in [-0.15, -0.1) is 0 Å². The molecule has 0 aromatic heterocycles. The van der Waals surface area contributed by atoms with Gasteiger partial charge in [0.15, 0.2) is 0 Å². The van der Waals surface area contributed by atoms with Crippen LogP contribution in [-0.4, -0.2) is 37.0 Å². The number of carbonyl (C=O) groups is 3. The number of ether oxygens (including phenoxy) is 1. The number of hydrogen-bond donors (Lipinski definition) is 3. The highest BCUT2D eigenvalue weighted by atomic mass is 16.5. The first-order valence-corrected chi connectivity index (χ1v) is 5.70. The van der Waals surface area contributed by atoms with Crippen molar-refractivity contribution in [1.29, 1.82) is 0 Å². The summed E-state index contributed by atoms with van der Waals surface area (Å²) in [6.45, 7) is 3.82. The van der Waals surface area contributed by atoms with E-state index in [0.29, 0.717) is 6.42 Å². The van der Waals surface area contributed by atoms with Gasteiger partial charge >= 0.3 is 5.97 Å². The summed E-state index contributed by atoms with van der Waals surface area (Å²) in [7, 11) is 1.24. The Bertz CT molecular complexity index is 317. The Morgan fingerprint density at radius 1 is 1.28 bits per heavy atom. The molecule has 0 saturated heterocycles. The van der Waals surface area contributed by atoms with Gasteiger partial charge in [0.1, 0.15) is 6.04 Å². The highest BCUT2D eigenvalue weighted by Crippen LogP contribution is 2.06. The number of carbonyl (C=O) groups excluding carboxylic acids is 3. The van der Waals surface area contributed by atoms with Gasteiger partial charge in [0.25, 0.3) is 0 Å². The van der Waals surface area contributed by atoms with Gasteiger partial charge in [-0.25, -0.2) is 4.79 Å². The summed E-state index contributed by atoms with van der Waals surface area (Å²) in [4.78, 5) is 33.7. The third kappa shape index (κ3) is 6.19. The highest BCUT2D eigenvalue weighted by Gasteiger charge is 2.25. The number of primary amides is 1. The van der Waals surface area contributed by atoms with E-state index in [9.17, 15) is 14.4 Å². The number of hydrogen-bond acceptors (Lipinski definition) is 5. The summed E-state index contributed by atoms with van der Waals surface area (Å²) in [5, 5.41) is 2.46. The fourth-order valence-corrected chi connectivity index (χ4v) is 1.42. The number of rotatable bonds is 7. The van der Waals surface area contributed by atoms with Crippen molar-refractivity contribution in [2.75, 3.05) is 7.11 Å². The molecular weight excluding hydrogens is 238 g/mol. The van der Waals surface area contributed by atoms with Crippen LogP contribution in [0.25, 0.3) is 0 Å². The van der Waals surface area contributed by atoms with Gasteiger partial charge in [-0.05, 0) is 12.3 Å². The molecule has 2 amide bonds. The lowest BCUT2D eigenvalue weighted by atomic mass is 10.0. The average Bonchev–Trinajstić information content (AvgIpc) is 2.25. The molecule has 0 rings (SSSR count). The van der Waals surface area contributed by atoms with E-state index in [-0.39, 0.29) is 12.3 Å². The van der Waals surface area contributed by atoms with Crippen LogP contribution in [0, 0.1) is 5.92 Å². The molecule has 104 valence electrons. The summed E-state index contributed by atoms with van der Waals surface area (Å²) >= 11 is 0. The van der Waals surface area contributed by atoms with E-state index in [1.54, 1.807) is 0 Å². The minimum Gasteiger partial charge on any atom is -0.467 e. The molecule has 0 aliphatic rings. The molecule has 0 radical (unpaired) electrons. The first kappa shape index (κ1) is 16.4. The van der Waals surface area contributed by atoms with E-state index in [1.807, 2.05) is 13.8 Å². The third-order valence-electron chi connectivity index (χ3n) is 2.27. The number of nitrogens with two attached hydrogens (primary N) is 2. The second kappa shape index (κ2) is 7.65. The van der Waals surface area contributed by atoms with Crippen molar-refractivity contribution in [3.05, 3.63) is 0 Å². The molecule has 0 aliphatic heterocycles. The van der Waals surface area contributed by atoms with Crippen molar-refractivity contribution in [3.8, 4) is 0 Å². The van der Waals surface area contributed by atoms with Gasteiger partial charge in [-0.3, -0.25) is 9.59 Å². The molecule has 2 atom stereocenters. The molecule has 0 aromatic carbocycles. The molecule has 0 bridgehead atoms. The molecule has 0 aromatic rings. The monoisotopic (exact) mass is 259 g/mol. The maximum Gasteiger partial charge on any atom is 0.328 e. The van der Waals surface area contributed by atoms with Crippen LogP contribution in [0.1, 0.15) is 26.7 Å². The summed E-state index contributed by atoms with van der Waals surface area (Å²) < 4.78 is 4.59. The minimum atomic E-state index is -1.05. The normalized spacial score (nSPS) is 13.8. The van der Waals surface area contributed by atoms with Crippen LogP contribution in [0.5, 0.6) is 0 Å². The predicted octanol–water partition coefficient (Wildman–Crippen LogP) is -1.11. The van der Waals surface area contributed by atoms with Gasteiger partial charge in [0.05, 0.1) is 19.6 Å². The highest BCUT2D eigenvalue weighted by molar-refractivity contribution is 5.90. The van der Waals surface area contributed by atoms with Gasteiger partial charge in [-0.2, -0.15) is 0 Å². The van der Waals surface area contributed by atoms with E-state index in [0.717, 1.165) is 0 Å². The smallest absolute Gasteiger partial charge is 0.328 e. The Morgan fingerprint density at radius 2 is 1.83 bits per heavy atom. The zero-order valence-electron chi connectivity index (χ0n) is 10.9. The average molecular weight is 259 g/mol. The first-order chi connectivity index (χ1) is 8.27. The Balaban J connectivity index is 4.52. The lowest BCUT2D eigenvalue weighted by molar-refractivity contribution is -0.145. The summed E-state index contributed by atoms with van der Waals surface area (Å²) in [5.74, 6) is -1.61. The fraction of sp³-hybridized carbons (Fsp3) is 0.727. The van der Waals surface area contributed by atoms with E-state index < -0.39 is 29.9 Å². The van der Waals surface area contributed by atoms with Gasteiger partial charge < -0.3 is 21.5 Å². The van der Waals surface area contributed by atoms with Crippen molar-refractivity contribution in [3.63, 3.8) is 0 Å². The number of esters is 1. The Labute approximate surface area is 106 Å². The Hall–Kier alpha value is -1.63.